The van der Waals surface area contributed by atoms with Gasteiger partial charge in [0, 0.05) is 17.4 Å². The number of hydrogen-bond acceptors (Lipinski definition) is 2. The largest absolute Gasteiger partial charge is 0.508 e. The van der Waals surface area contributed by atoms with Crippen molar-refractivity contribution < 1.29 is 23.1 Å². The molecular formula is C14H11F3N2O2. The van der Waals surface area contributed by atoms with Crippen LogP contribution in [0.1, 0.15) is 5.56 Å². The molecule has 2 aromatic carbocycles. The summed E-state index contributed by atoms with van der Waals surface area (Å²) in [4.78, 5) is 11.7. The number of alkyl halides is 3. The number of hydrogen-bond donors (Lipinski definition) is 3. The van der Waals surface area contributed by atoms with Crippen LogP contribution in [0.15, 0.2) is 48.5 Å². The standard InChI is InChI=1S/C14H11F3N2O2/c15-14(16,17)9-3-1-4-10(7-9)18-13(21)19-11-5-2-6-12(20)8-11/h1-8,20H,(H2,18,19,21). The van der Waals surface area contributed by atoms with Gasteiger partial charge in [0.05, 0.1) is 5.56 Å². The number of phenols is 1. The van der Waals surface area contributed by atoms with Gasteiger partial charge in [0.1, 0.15) is 5.75 Å². The topological polar surface area (TPSA) is 61.4 Å². The van der Waals surface area contributed by atoms with E-state index in [1.807, 2.05) is 0 Å². The highest BCUT2D eigenvalue weighted by Crippen LogP contribution is 2.30. The van der Waals surface area contributed by atoms with Gasteiger partial charge in [0.2, 0.25) is 0 Å². The highest BCUT2D eigenvalue weighted by molar-refractivity contribution is 5.99. The third kappa shape index (κ3) is 4.13. The van der Waals surface area contributed by atoms with Gasteiger partial charge in [0.25, 0.3) is 0 Å². The Bertz CT molecular complexity index is 657. The average Bonchev–Trinajstić information content (AvgIpc) is 2.37. The lowest BCUT2D eigenvalue weighted by molar-refractivity contribution is -0.137. The van der Waals surface area contributed by atoms with Crippen molar-refractivity contribution in [2.24, 2.45) is 0 Å². The fourth-order valence-electron chi connectivity index (χ4n) is 1.65. The van der Waals surface area contributed by atoms with E-state index in [2.05, 4.69) is 10.6 Å². The number of aromatic hydroxyl groups is 1. The summed E-state index contributed by atoms with van der Waals surface area (Å²) in [7, 11) is 0. The van der Waals surface area contributed by atoms with Gasteiger partial charge < -0.3 is 15.7 Å². The first kappa shape index (κ1) is 14.7. The van der Waals surface area contributed by atoms with Crippen molar-refractivity contribution in [2.75, 3.05) is 10.6 Å². The number of carbonyl (C=O) groups is 1. The quantitative estimate of drug-likeness (QED) is 0.782. The molecule has 0 saturated carbocycles. The summed E-state index contributed by atoms with van der Waals surface area (Å²) < 4.78 is 37.6. The summed E-state index contributed by atoms with van der Waals surface area (Å²) in [5.74, 6) is -0.0353. The SMILES string of the molecule is O=C(Nc1cccc(O)c1)Nc1cccc(C(F)(F)F)c1. The van der Waals surface area contributed by atoms with Crippen LogP contribution in [0.4, 0.5) is 29.3 Å². The van der Waals surface area contributed by atoms with E-state index in [-0.39, 0.29) is 11.4 Å². The molecule has 0 radical (unpaired) electrons. The number of halogens is 3. The second-order valence-electron chi connectivity index (χ2n) is 4.21. The highest BCUT2D eigenvalue weighted by Gasteiger charge is 2.30. The second-order valence-corrected chi connectivity index (χ2v) is 4.21. The van der Waals surface area contributed by atoms with Gasteiger partial charge in [-0.3, -0.25) is 0 Å². The van der Waals surface area contributed by atoms with E-state index in [1.54, 1.807) is 0 Å². The molecule has 4 nitrogen and oxygen atoms in total. The zero-order valence-electron chi connectivity index (χ0n) is 10.6. The van der Waals surface area contributed by atoms with E-state index >= 15 is 0 Å². The van der Waals surface area contributed by atoms with Crippen LogP contribution in [-0.4, -0.2) is 11.1 Å². The van der Waals surface area contributed by atoms with Gasteiger partial charge in [-0.2, -0.15) is 13.2 Å². The lowest BCUT2D eigenvalue weighted by Gasteiger charge is -2.10. The predicted molar refractivity (Wildman–Crippen MR) is 72.2 cm³/mol. The molecule has 0 unspecified atom stereocenters. The van der Waals surface area contributed by atoms with Crippen LogP contribution in [0.25, 0.3) is 0 Å². The molecule has 0 bridgehead atoms. The number of phenolic OH excluding ortho intramolecular Hbond substituents is 1. The molecule has 0 aromatic heterocycles. The number of anilines is 2. The molecule has 0 spiro atoms. The first-order valence-electron chi connectivity index (χ1n) is 5.89. The minimum absolute atomic E-state index is 0.0162. The van der Waals surface area contributed by atoms with Crippen LogP contribution in [0.2, 0.25) is 0 Å². The lowest BCUT2D eigenvalue weighted by Crippen LogP contribution is -2.19. The van der Waals surface area contributed by atoms with Crippen molar-refractivity contribution in [1.29, 1.82) is 0 Å². The molecule has 7 heteroatoms. The maximum atomic E-state index is 12.5. The molecule has 2 aromatic rings. The van der Waals surface area contributed by atoms with Crippen molar-refractivity contribution in [1.82, 2.24) is 0 Å². The molecule has 0 fully saturated rings. The number of benzene rings is 2. The molecule has 21 heavy (non-hydrogen) atoms. The molecule has 0 heterocycles. The minimum Gasteiger partial charge on any atom is -0.508 e. The monoisotopic (exact) mass is 296 g/mol. The molecule has 0 aliphatic heterocycles. The van der Waals surface area contributed by atoms with Crippen molar-refractivity contribution in [3.05, 3.63) is 54.1 Å². The van der Waals surface area contributed by atoms with E-state index in [0.29, 0.717) is 5.69 Å². The van der Waals surface area contributed by atoms with Gasteiger partial charge in [-0.25, -0.2) is 4.79 Å². The van der Waals surface area contributed by atoms with Crippen LogP contribution in [0.3, 0.4) is 0 Å². The molecule has 0 atom stereocenters. The van der Waals surface area contributed by atoms with Gasteiger partial charge in [-0.05, 0) is 30.3 Å². The third-order valence-electron chi connectivity index (χ3n) is 2.55. The summed E-state index contributed by atoms with van der Waals surface area (Å²) in [5, 5.41) is 13.9. The molecule has 2 rings (SSSR count). The maximum Gasteiger partial charge on any atom is 0.416 e. The number of amides is 2. The smallest absolute Gasteiger partial charge is 0.416 e. The van der Waals surface area contributed by atoms with Crippen molar-refractivity contribution in [3.8, 4) is 5.75 Å². The van der Waals surface area contributed by atoms with E-state index in [4.69, 9.17) is 0 Å². The molecule has 110 valence electrons. The van der Waals surface area contributed by atoms with E-state index < -0.39 is 17.8 Å². The Morgan fingerprint density at radius 1 is 0.952 bits per heavy atom. The number of nitrogens with one attached hydrogen (secondary N) is 2. The fraction of sp³-hybridized carbons (Fsp3) is 0.0714. The summed E-state index contributed by atoms with van der Waals surface area (Å²) in [6.07, 6.45) is -4.47. The first-order valence-corrected chi connectivity index (χ1v) is 5.89. The first-order chi connectivity index (χ1) is 9.84. The van der Waals surface area contributed by atoms with E-state index in [0.717, 1.165) is 12.1 Å². The Labute approximate surface area is 118 Å². The molecule has 0 aliphatic carbocycles. The summed E-state index contributed by atoms with van der Waals surface area (Å²) in [6, 6.07) is 9.38. The van der Waals surface area contributed by atoms with Gasteiger partial charge >= 0.3 is 12.2 Å². The Morgan fingerprint density at radius 2 is 1.52 bits per heavy atom. The Morgan fingerprint density at radius 3 is 2.10 bits per heavy atom. The lowest BCUT2D eigenvalue weighted by atomic mass is 10.2. The molecule has 0 aliphatic rings. The zero-order valence-corrected chi connectivity index (χ0v) is 10.6. The molecule has 0 saturated heterocycles. The van der Waals surface area contributed by atoms with Gasteiger partial charge in [-0.1, -0.05) is 12.1 Å². The normalized spacial score (nSPS) is 11.0. The maximum absolute atomic E-state index is 12.5. The summed E-state index contributed by atoms with van der Waals surface area (Å²) >= 11 is 0. The van der Waals surface area contributed by atoms with E-state index in [9.17, 15) is 23.1 Å². The Kier molecular flexibility index (Phi) is 4.02. The minimum atomic E-state index is -4.47. The average molecular weight is 296 g/mol. The van der Waals surface area contributed by atoms with Crippen LogP contribution >= 0.6 is 0 Å². The second kappa shape index (κ2) is 5.74. The predicted octanol–water partition coefficient (Wildman–Crippen LogP) is 4.06. The van der Waals surface area contributed by atoms with Crippen LogP contribution in [-0.2, 0) is 6.18 Å². The number of carbonyl (C=O) groups excluding carboxylic acids is 1. The summed E-state index contributed by atoms with van der Waals surface area (Å²) in [6.45, 7) is 0. The summed E-state index contributed by atoms with van der Waals surface area (Å²) in [5.41, 5.74) is -0.514. The Balaban J connectivity index is 2.06. The van der Waals surface area contributed by atoms with Crippen LogP contribution in [0.5, 0.6) is 5.75 Å². The Hall–Kier alpha value is -2.70. The molecule has 2 amide bonds. The van der Waals surface area contributed by atoms with Crippen LogP contribution in [0, 0.1) is 0 Å². The number of urea groups is 1. The van der Waals surface area contributed by atoms with Crippen molar-refractivity contribution in [3.63, 3.8) is 0 Å². The van der Waals surface area contributed by atoms with Crippen molar-refractivity contribution in [2.45, 2.75) is 6.18 Å². The fourth-order valence-corrected chi connectivity index (χ4v) is 1.65. The van der Waals surface area contributed by atoms with Gasteiger partial charge in [-0.15, -0.1) is 0 Å². The van der Waals surface area contributed by atoms with Crippen molar-refractivity contribution >= 4 is 17.4 Å². The van der Waals surface area contributed by atoms with Gasteiger partial charge in [0.15, 0.2) is 0 Å². The number of rotatable bonds is 2. The van der Waals surface area contributed by atoms with E-state index in [1.165, 1.54) is 36.4 Å². The molecular weight excluding hydrogens is 285 g/mol. The highest BCUT2D eigenvalue weighted by atomic mass is 19.4. The van der Waals surface area contributed by atoms with Crippen LogP contribution < -0.4 is 10.6 Å². The third-order valence-corrected chi connectivity index (χ3v) is 2.55. The molecule has 3 N–H and O–H groups in total. The zero-order chi connectivity index (χ0) is 15.5.